The van der Waals surface area contributed by atoms with Crippen LogP contribution in [0.3, 0.4) is 0 Å². The summed E-state index contributed by atoms with van der Waals surface area (Å²) < 4.78 is 44.2. The maximum absolute atomic E-state index is 13.5. The molecule has 71 heavy (non-hydrogen) atoms. The number of methoxy groups -OCH3 is 2. The molecule has 4 N–H and O–H groups in total. The van der Waals surface area contributed by atoms with Crippen molar-refractivity contribution in [2.45, 2.75) is 64.5 Å². The number of halogens is 2. The fourth-order valence-corrected chi connectivity index (χ4v) is 9.00. The largest absolute Gasteiger partial charge is 0.494 e. The molecule has 0 radical (unpaired) electrons. The number of nitrogens with two attached hydrogens (primary N) is 1. The summed E-state index contributed by atoms with van der Waals surface area (Å²) in [6, 6.07) is 29.0. The van der Waals surface area contributed by atoms with Crippen LogP contribution in [0, 0.1) is 25.5 Å². The van der Waals surface area contributed by atoms with Crippen molar-refractivity contribution in [2.24, 2.45) is 0 Å². The van der Waals surface area contributed by atoms with Gasteiger partial charge in [0.2, 0.25) is 0 Å². The Kier molecular flexibility index (Phi) is 14.7. The molecule has 0 aliphatic carbocycles. The van der Waals surface area contributed by atoms with Gasteiger partial charge in [-0.1, -0.05) is 24.3 Å². The van der Waals surface area contributed by atoms with Crippen molar-refractivity contribution in [2.75, 3.05) is 25.3 Å². The summed E-state index contributed by atoms with van der Waals surface area (Å²) in [5.74, 6) is -1.08. The van der Waals surface area contributed by atoms with Crippen molar-refractivity contribution in [1.29, 1.82) is 0 Å². The van der Waals surface area contributed by atoms with Gasteiger partial charge < -0.3 is 43.9 Å². The maximum atomic E-state index is 13.5. The molecule has 15 nitrogen and oxygen atoms in total. The molecule has 364 valence electrons. The van der Waals surface area contributed by atoms with E-state index in [1.807, 2.05) is 59.6 Å². The summed E-state index contributed by atoms with van der Waals surface area (Å²) in [6.45, 7) is 3.84. The van der Waals surface area contributed by atoms with Crippen LogP contribution in [-0.4, -0.2) is 59.4 Å². The Morgan fingerprint density at radius 3 is 1.58 bits per heavy atom. The normalized spacial score (nSPS) is 14.6. The lowest BCUT2D eigenvalue weighted by atomic mass is 9.94. The van der Waals surface area contributed by atoms with E-state index >= 15 is 0 Å². The zero-order valence-corrected chi connectivity index (χ0v) is 39.5. The number of nitrogen functional groups attached to an aromatic ring is 1. The first-order valence-corrected chi connectivity index (χ1v) is 22.9. The Balaban J connectivity index is 0.000000159. The molecule has 2 aliphatic rings. The van der Waals surface area contributed by atoms with E-state index in [1.165, 1.54) is 30.3 Å². The van der Waals surface area contributed by atoms with Crippen LogP contribution in [0.1, 0.15) is 92.4 Å². The number of aryl methyl sites for hydroxylation is 4. The van der Waals surface area contributed by atoms with Crippen LogP contribution in [0.15, 0.2) is 144 Å². The molecule has 0 saturated heterocycles. The molecule has 0 saturated carbocycles. The van der Waals surface area contributed by atoms with Gasteiger partial charge in [-0.05, 0) is 136 Å². The van der Waals surface area contributed by atoms with Gasteiger partial charge in [0.1, 0.15) is 34.3 Å². The lowest BCUT2D eigenvalue weighted by molar-refractivity contribution is 0.0693. The number of imidazole rings is 2. The second-order valence-corrected chi connectivity index (χ2v) is 17.2. The fraction of sp³-hybridized carbons (Fsp3) is 0.222. The average molecular weight is 963 g/mol. The number of amides is 1. The second kappa shape index (κ2) is 21.4. The highest BCUT2D eigenvalue weighted by Crippen LogP contribution is 2.32. The standard InChI is InChI=1S/C27H25FN4O3.C16H14FNO3.C11H13N3O/c1-17-15-31(16-29-17)24-13-10-20(14-25(24)35-2)30-26(33)22-12-11-21-4-3-5-23(32(21)27(22)34)18-6-8-19(28)9-7-18;17-11-6-4-10(5-7-11)14-3-1-2-12-8-9-13(16(20)21)15(19)18(12)14;1-8-6-14(7-13-8)10-4-3-9(12)5-11(10)15-2/h6-16,23H,3-5H2,1-2H3,(H,30,33);4-9,14H,1-3H2,(H,20,21);3-7H,12H2,1-2H3. The summed E-state index contributed by atoms with van der Waals surface area (Å²) in [5, 5.41) is 11.9. The number of pyridine rings is 2. The first kappa shape index (κ1) is 48.8. The van der Waals surface area contributed by atoms with Crippen LogP contribution in [0.5, 0.6) is 11.5 Å². The van der Waals surface area contributed by atoms with E-state index in [-0.39, 0.29) is 40.4 Å². The van der Waals surface area contributed by atoms with Gasteiger partial charge in [-0.3, -0.25) is 14.4 Å². The lowest BCUT2D eigenvalue weighted by Gasteiger charge is -2.28. The molecule has 4 aromatic heterocycles. The number of hydrogen-bond donors (Lipinski definition) is 3. The minimum Gasteiger partial charge on any atom is -0.494 e. The van der Waals surface area contributed by atoms with Gasteiger partial charge in [-0.15, -0.1) is 0 Å². The Bertz CT molecular complexity index is 3340. The second-order valence-electron chi connectivity index (χ2n) is 17.2. The number of nitrogens with one attached hydrogen (secondary N) is 1. The Morgan fingerprint density at radius 2 is 1.11 bits per heavy atom. The number of benzene rings is 4. The molecule has 4 aromatic carbocycles. The van der Waals surface area contributed by atoms with Crippen molar-refractivity contribution in [3.8, 4) is 22.9 Å². The number of carboxylic acids is 1. The number of hydrogen-bond acceptors (Lipinski definition) is 9. The summed E-state index contributed by atoms with van der Waals surface area (Å²) in [7, 11) is 3.18. The highest BCUT2D eigenvalue weighted by molar-refractivity contribution is 6.04. The number of carboxylic acid groups (broad SMARTS) is 1. The number of carbonyl (C=O) groups is 2. The van der Waals surface area contributed by atoms with Crippen LogP contribution < -0.4 is 31.6 Å². The Morgan fingerprint density at radius 1 is 0.648 bits per heavy atom. The van der Waals surface area contributed by atoms with Gasteiger partial charge >= 0.3 is 5.97 Å². The Hall–Kier alpha value is -8.60. The zero-order chi connectivity index (χ0) is 50.3. The third-order valence-electron chi connectivity index (χ3n) is 12.5. The number of fused-ring (bicyclic) bond motifs is 2. The number of rotatable bonds is 9. The minimum atomic E-state index is -1.22. The third kappa shape index (κ3) is 10.8. The van der Waals surface area contributed by atoms with Gasteiger partial charge in [-0.25, -0.2) is 23.5 Å². The molecule has 0 bridgehead atoms. The molecule has 0 fully saturated rings. The van der Waals surface area contributed by atoms with Crippen LogP contribution in [0.25, 0.3) is 11.4 Å². The van der Waals surface area contributed by atoms with E-state index in [1.54, 1.807) is 90.6 Å². The lowest BCUT2D eigenvalue weighted by Crippen LogP contribution is -2.36. The number of ether oxygens (including phenoxy) is 2. The first-order chi connectivity index (χ1) is 34.2. The van der Waals surface area contributed by atoms with Gasteiger partial charge in [0.05, 0.1) is 61.7 Å². The average Bonchev–Trinajstić information content (AvgIpc) is 4.02. The maximum Gasteiger partial charge on any atom is 0.341 e. The van der Waals surface area contributed by atoms with Crippen LogP contribution in [0.2, 0.25) is 0 Å². The van der Waals surface area contributed by atoms with Gasteiger partial charge in [0, 0.05) is 47.3 Å². The van der Waals surface area contributed by atoms with Crippen molar-refractivity contribution in [3.63, 3.8) is 0 Å². The molecule has 10 rings (SSSR count). The minimum absolute atomic E-state index is 0.0519. The molecule has 17 heteroatoms. The predicted octanol–water partition coefficient (Wildman–Crippen LogP) is 9.05. The number of aromatic carboxylic acids is 1. The number of anilines is 2. The molecule has 2 atom stereocenters. The molecular formula is C54H52F2N8O7. The highest BCUT2D eigenvalue weighted by Gasteiger charge is 2.27. The summed E-state index contributed by atoms with van der Waals surface area (Å²) in [4.78, 5) is 58.5. The van der Waals surface area contributed by atoms with E-state index in [2.05, 4.69) is 15.3 Å². The number of nitrogens with zero attached hydrogens (tertiary/aromatic N) is 6. The van der Waals surface area contributed by atoms with Crippen molar-refractivity contribution >= 4 is 23.3 Å². The quantitative estimate of drug-likeness (QED) is 0.118. The van der Waals surface area contributed by atoms with Gasteiger partial charge in [-0.2, -0.15) is 0 Å². The van der Waals surface area contributed by atoms with Gasteiger partial charge in [0.25, 0.3) is 17.0 Å². The number of aromatic nitrogens is 6. The zero-order valence-electron chi connectivity index (χ0n) is 39.5. The Labute approximate surface area is 407 Å². The third-order valence-corrected chi connectivity index (χ3v) is 12.5. The molecular weight excluding hydrogens is 911 g/mol. The summed E-state index contributed by atoms with van der Waals surface area (Å²) in [5.41, 5.74) is 12.8. The molecule has 8 aromatic rings. The van der Waals surface area contributed by atoms with Crippen LogP contribution in [0.4, 0.5) is 20.2 Å². The fourth-order valence-electron chi connectivity index (χ4n) is 9.00. The van der Waals surface area contributed by atoms with Crippen molar-refractivity contribution < 1.29 is 33.0 Å². The first-order valence-electron chi connectivity index (χ1n) is 22.9. The van der Waals surface area contributed by atoms with E-state index in [0.29, 0.717) is 17.1 Å². The van der Waals surface area contributed by atoms with Gasteiger partial charge in [0.15, 0.2) is 0 Å². The topological polar surface area (TPSA) is 191 Å². The molecule has 1 amide bonds. The molecule has 2 aliphatic heterocycles. The number of carbonyl (C=O) groups excluding carboxylic acids is 1. The summed E-state index contributed by atoms with van der Waals surface area (Å²) in [6.07, 6.45) is 12.1. The van der Waals surface area contributed by atoms with Crippen LogP contribution >= 0.6 is 0 Å². The SMILES string of the molecule is COc1cc(N)ccc1-n1cnc(C)c1.COc1cc(NC(=O)c2ccc3n(c2=O)C(c2ccc(F)cc2)CCC3)ccc1-n1cnc(C)c1.O=C(O)c1ccc2n(c1=O)C(c1ccc(F)cc1)CCC2. The monoisotopic (exact) mass is 962 g/mol. The van der Waals surface area contributed by atoms with Crippen molar-refractivity contribution in [3.05, 3.63) is 212 Å². The highest BCUT2D eigenvalue weighted by atomic mass is 19.1. The molecule has 0 spiro atoms. The van der Waals surface area contributed by atoms with E-state index < -0.39 is 17.4 Å². The smallest absolute Gasteiger partial charge is 0.341 e. The van der Waals surface area contributed by atoms with E-state index in [9.17, 15) is 28.0 Å². The predicted molar refractivity (Wildman–Crippen MR) is 265 cm³/mol. The van der Waals surface area contributed by atoms with E-state index in [4.69, 9.17) is 20.3 Å². The van der Waals surface area contributed by atoms with Crippen molar-refractivity contribution in [1.82, 2.24) is 28.2 Å². The molecule has 6 heterocycles. The van der Waals surface area contributed by atoms with E-state index in [0.717, 1.165) is 89.6 Å². The summed E-state index contributed by atoms with van der Waals surface area (Å²) >= 11 is 0. The van der Waals surface area contributed by atoms with Crippen LogP contribution in [-0.2, 0) is 12.8 Å². The molecule has 2 unspecified atom stereocenters.